The zero-order valence-electron chi connectivity index (χ0n) is 9.58. The van der Waals surface area contributed by atoms with Crippen molar-refractivity contribution in [1.29, 1.82) is 0 Å². The van der Waals surface area contributed by atoms with Gasteiger partial charge in [0.15, 0.2) is 0 Å². The third kappa shape index (κ3) is 1.72. The van der Waals surface area contributed by atoms with Crippen LogP contribution in [0.3, 0.4) is 0 Å². The molecule has 1 aromatic carbocycles. The number of fused-ring (bicyclic) bond motifs is 1. The van der Waals surface area contributed by atoms with Crippen LogP contribution in [0.15, 0.2) is 24.3 Å². The Morgan fingerprint density at radius 2 is 2.07 bits per heavy atom. The van der Waals surface area contributed by atoms with Gasteiger partial charge in [0.05, 0.1) is 7.11 Å². The van der Waals surface area contributed by atoms with Crippen molar-refractivity contribution in [1.82, 2.24) is 4.57 Å². The SMILES string of the molecule is CCCn1c(C)cc2cc(OC)ccc21. The maximum atomic E-state index is 5.22. The minimum atomic E-state index is 0.927. The van der Waals surface area contributed by atoms with Gasteiger partial charge in [-0.25, -0.2) is 0 Å². The van der Waals surface area contributed by atoms with Crippen LogP contribution in [0.5, 0.6) is 5.75 Å². The predicted octanol–water partition coefficient (Wildman–Crippen LogP) is 3.37. The molecule has 0 saturated heterocycles. The molecule has 1 aromatic heterocycles. The van der Waals surface area contributed by atoms with Crippen LogP contribution in [-0.2, 0) is 6.54 Å². The van der Waals surface area contributed by atoms with E-state index in [1.54, 1.807) is 7.11 Å². The Labute approximate surface area is 90.5 Å². The molecule has 0 fully saturated rings. The van der Waals surface area contributed by atoms with Crippen molar-refractivity contribution in [3.63, 3.8) is 0 Å². The molecule has 0 spiro atoms. The lowest BCUT2D eigenvalue weighted by Gasteiger charge is -2.06. The number of benzene rings is 1. The number of methoxy groups -OCH3 is 1. The third-order valence-electron chi connectivity index (χ3n) is 2.76. The molecule has 80 valence electrons. The fourth-order valence-corrected chi connectivity index (χ4v) is 2.03. The topological polar surface area (TPSA) is 14.2 Å². The summed E-state index contributed by atoms with van der Waals surface area (Å²) >= 11 is 0. The Bertz CT molecular complexity index is 471. The molecular formula is C13H17NO. The summed E-state index contributed by atoms with van der Waals surface area (Å²) in [4.78, 5) is 0. The second-order valence-electron chi connectivity index (χ2n) is 3.86. The van der Waals surface area contributed by atoms with Crippen molar-refractivity contribution in [3.8, 4) is 5.75 Å². The summed E-state index contributed by atoms with van der Waals surface area (Å²) in [7, 11) is 1.71. The summed E-state index contributed by atoms with van der Waals surface area (Å²) in [5.74, 6) is 0.927. The monoisotopic (exact) mass is 203 g/mol. The van der Waals surface area contributed by atoms with E-state index in [1.165, 1.54) is 16.6 Å². The number of aromatic nitrogens is 1. The summed E-state index contributed by atoms with van der Waals surface area (Å²) in [6, 6.07) is 8.47. The lowest BCUT2D eigenvalue weighted by atomic mass is 10.2. The fraction of sp³-hybridized carbons (Fsp3) is 0.385. The number of nitrogens with zero attached hydrogens (tertiary/aromatic N) is 1. The zero-order valence-corrected chi connectivity index (χ0v) is 9.58. The third-order valence-corrected chi connectivity index (χ3v) is 2.76. The van der Waals surface area contributed by atoms with Gasteiger partial charge in [-0.15, -0.1) is 0 Å². The van der Waals surface area contributed by atoms with Crippen molar-refractivity contribution < 1.29 is 4.74 Å². The number of ether oxygens (including phenoxy) is 1. The van der Waals surface area contributed by atoms with Gasteiger partial charge in [0.1, 0.15) is 5.75 Å². The largest absolute Gasteiger partial charge is 0.497 e. The van der Waals surface area contributed by atoms with Gasteiger partial charge in [-0.1, -0.05) is 6.92 Å². The first-order chi connectivity index (χ1) is 7.26. The van der Waals surface area contributed by atoms with Crippen LogP contribution in [0, 0.1) is 6.92 Å². The number of hydrogen-bond acceptors (Lipinski definition) is 1. The number of hydrogen-bond donors (Lipinski definition) is 0. The quantitative estimate of drug-likeness (QED) is 0.746. The standard InChI is InChI=1S/C13H17NO/c1-4-7-14-10(2)8-11-9-12(15-3)5-6-13(11)14/h5-6,8-9H,4,7H2,1-3H3. The minimum Gasteiger partial charge on any atom is -0.497 e. The van der Waals surface area contributed by atoms with Gasteiger partial charge in [-0.05, 0) is 37.6 Å². The first-order valence-corrected chi connectivity index (χ1v) is 5.40. The van der Waals surface area contributed by atoms with Crippen LogP contribution >= 0.6 is 0 Å². The molecule has 0 saturated carbocycles. The fourth-order valence-electron chi connectivity index (χ4n) is 2.03. The minimum absolute atomic E-state index is 0.927. The summed E-state index contributed by atoms with van der Waals surface area (Å²) in [6.45, 7) is 5.44. The molecule has 2 heteroatoms. The van der Waals surface area contributed by atoms with E-state index in [1.807, 2.05) is 6.07 Å². The second kappa shape index (κ2) is 3.97. The Hall–Kier alpha value is -1.44. The van der Waals surface area contributed by atoms with E-state index in [0.717, 1.165) is 18.7 Å². The van der Waals surface area contributed by atoms with Crippen LogP contribution in [0.1, 0.15) is 19.0 Å². The molecule has 0 amide bonds. The molecular weight excluding hydrogens is 186 g/mol. The first-order valence-electron chi connectivity index (χ1n) is 5.40. The van der Waals surface area contributed by atoms with Crippen molar-refractivity contribution in [2.24, 2.45) is 0 Å². The van der Waals surface area contributed by atoms with E-state index in [0.29, 0.717) is 0 Å². The van der Waals surface area contributed by atoms with Gasteiger partial charge < -0.3 is 9.30 Å². The van der Waals surface area contributed by atoms with Gasteiger partial charge in [0, 0.05) is 23.1 Å². The summed E-state index contributed by atoms with van der Waals surface area (Å²) in [6.07, 6.45) is 1.16. The lowest BCUT2D eigenvalue weighted by molar-refractivity contribution is 0.415. The van der Waals surface area contributed by atoms with Gasteiger partial charge in [-0.2, -0.15) is 0 Å². The average molecular weight is 203 g/mol. The zero-order chi connectivity index (χ0) is 10.8. The van der Waals surface area contributed by atoms with E-state index >= 15 is 0 Å². The molecule has 1 heterocycles. The van der Waals surface area contributed by atoms with Crippen molar-refractivity contribution in [3.05, 3.63) is 30.0 Å². The van der Waals surface area contributed by atoms with Crippen LogP contribution < -0.4 is 4.74 Å². The van der Waals surface area contributed by atoms with Gasteiger partial charge in [-0.3, -0.25) is 0 Å². The first kappa shape index (κ1) is 10.1. The molecule has 0 N–H and O–H groups in total. The predicted molar refractivity (Wildman–Crippen MR) is 63.5 cm³/mol. The van der Waals surface area contributed by atoms with Gasteiger partial charge in [0.25, 0.3) is 0 Å². The van der Waals surface area contributed by atoms with E-state index in [2.05, 4.69) is 36.6 Å². The molecule has 0 bridgehead atoms. The number of rotatable bonds is 3. The van der Waals surface area contributed by atoms with Crippen molar-refractivity contribution >= 4 is 10.9 Å². The van der Waals surface area contributed by atoms with Gasteiger partial charge in [0.2, 0.25) is 0 Å². The summed E-state index contributed by atoms with van der Waals surface area (Å²) in [5, 5.41) is 1.26. The molecule has 2 rings (SSSR count). The highest BCUT2D eigenvalue weighted by molar-refractivity contribution is 5.82. The highest BCUT2D eigenvalue weighted by Crippen LogP contribution is 2.24. The number of aryl methyl sites for hydroxylation is 2. The Kier molecular flexibility index (Phi) is 2.67. The Morgan fingerprint density at radius 3 is 2.73 bits per heavy atom. The molecule has 0 atom stereocenters. The van der Waals surface area contributed by atoms with Crippen LogP contribution in [0.4, 0.5) is 0 Å². The maximum Gasteiger partial charge on any atom is 0.119 e. The average Bonchev–Trinajstić information content (AvgIpc) is 2.55. The Morgan fingerprint density at radius 1 is 1.27 bits per heavy atom. The molecule has 0 aliphatic carbocycles. The van der Waals surface area contributed by atoms with Crippen molar-refractivity contribution in [2.45, 2.75) is 26.8 Å². The normalized spacial score (nSPS) is 10.9. The highest BCUT2D eigenvalue weighted by Gasteiger charge is 2.05. The maximum absolute atomic E-state index is 5.22. The Balaban J connectivity index is 2.58. The van der Waals surface area contributed by atoms with E-state index in [-0.39, 0.29) is 0 Å². The van der Waals surface area contributed by atoms with E-state index in [4.69, 9.17) is 4.74 Å². The lowest BCUT2D eigenvalue weighted by Crippen LogP contribution is -1.97. The van der Waals surface area contributed by atoms with Crippen LogP contribution in [0.25, 0.3) is 10.9 Å². The summed E-state index contributed by atoms with van der Waals surface area (Å²) < 4.78 is 7.58. The van der Waals surface area contributed by atoms with E-state index in [9.17, 15) is 0 Å². The molecule has 2 nitrogen and oxygen atoms in total. The second-order valence-corrected chi connectivity index (χ2v) is 3.86. The highest BCUT2D eigenvalue weighted by atomic mass is 16.5. The molecule has 0 aliphatic heterocycles. The van der Waals surface area contributed by atoms with E-state index < -0.39 is 0 Å². The molecule has 0 unspecified atom stereocenters. The van der Waals surface area contributed by atoms with Gasteiger partial charge >= 0.3 is 0 Å². The van der Waals surface area contributed by atoms with Crippen LogP contribution in [0.2, 0.25) is 0 Å². The van der Waals surface area contributed by atoms with Crippen LogP contribution in [-0.4, -0.2) is 11.7 Å². The molecule has 15 heavy (non-hydrogen) atoms. The van der Waals surface area contributed by atoms with Crippen molar-refractivity contribution in [2.75, 3.05) is 7.11 Å². The summed E-state index contributed by atoms with van der Waals surface area (Å²) in [5.41, 5.74) is 2.62. The molecule has 0 radical (unpaired) electrons. The molecule has 2 aromatic rings. The molecule has 0 aliphatic rings. The smallest absolute Gasteiger partial charge is 0.119 e.